The van der Waals surface area contributed by atoms with Crippen molar-refractivity contribution in [2.75, 3.05) is 32.8 Å². The lowest BCUT2D eigenvalue weighted by molar-refractivity contribution is -0.134. The number of nitrogens with one attached hydrogen (secondary N) is 1. The van der Waals surface area contributed by atoms with Gasteiger partial charge in [-0.05, 0) is 26.0 Å². The van der Waals surface area contributed by atoms with Gasteiger partial charge in [0.15, 0.2) is 5.76 Å². The fourth-order valence-electron chi connectivity index (χ4n) is 2.34. The van der Waals surface area contributed by atoms with E-state index in [0.717, 1.165) is 0 Å². The maximum absolute atomic E-state index is 12.4. The lowest BCUT2D eigenvalue weighted by Gasteiger charge is -2.35. The summed E-state index contributed by atoms with van der Waals surface area (Å²) < 4.78 is 9.92. The maximum atomic E-state index is 12.4. The highest BCUT2D eigenvalue weighted by Crippen LogP contribution is 2.07. The maximum Gasteiger partial charge on any atom is 0.409 e. The third-order valence-electron chi connectivity index (χ3n) is 3.58. The van der Waals surface area contributed by atoms with Crippen LogP contribution in [0.4, 0.5) is 4.79 Å². The van der Waals surface area contributed by atoms with Crippen LogP contribution in [0.25, 0.3) is 0 Å². The van der Waals surface area contributed by atoms with E-state index >= 15 is 0 Å². The summed E-state index contributed by atoms with van der Waals surface area (Å²) >= 11 is 0. The molecule has 1 unspecified atom stereocenters. The largest absolute Gasteiger partial charge is 0.459 e. The molecule has 126 valence electrons. The number of rotatable bonds is 4. The summed E-state index contributed by atoms with van der Waals surface area (Å²) in [6, 6.07) is 2.47. The number of furan rings is 1. The Morgan fingerprint density at radius 2 is 1.91 bits per heavy atom. The molecule has 8 nitrogen and oxygen atoms in total. The van der Waals surface area contributed by atoms with Crippen LogP contribution in [-0.4, -0.2) is 66.5 Å². The molecule has 0 aromatic carbocycles. The SMILES string of the molecule is CCOC(=O)N1CCN(C(=O)C(C)NC(=O)c2ccco2)CC1. The molecule has 0 bridgehead atoms. The molecule has 0 spiro atoms. The second-order valence-electron chi connectivity index (χ2n) is 5.18. The van der Waals surface area contributed by atoms with E-state index in [1.54, 1.807) is 29.7 Å². The first kappa shape index (κ1) is 16.9. The molecule has 1 atom stereocenters. The van der Waals surface area contributed by atoms with E-state index < -0.39 is 11.9 Å². The van der Waals surface area contributed by atoms with Gasteiger partial charge in [-0.25, -0.2) is 4.79 Å². The van der Waals surface area contributed by atoms with Gasteiger partial charge in [0.1, 0.15) is 6.04 Å². The first-order valence-electron chi connectivity index (χ1n) is 7.57. The van der Waals surface area contributed by atoms with E-state index in [2.05, 4.69) is 5.32 Å². The first-order chi connectivity index (χ1) is 11.0. The van der Waals surface area contributed by atoms with E-state index in [4.69, 9.17) is 9.15 Å². The lowest BCUT2D eigenvalue weighted by atomic mass is 10.2. The zero-order valence-electron chi connectivity index (χ0n) is 13.3. The third-order valence-corrected chi connectivity index (χ3v) is 3.58. The summed E-state index contributed by atoms with van der Waals surface area (Å²) in [6.07, 6.45) is 1.04. The van der Waals surface area contributed by atoms with Gasteiger partial charge in [0.25, 0.3) is 5.91 Å². The van der Waals surface area contributed by atoms with Gasteiger partial charge in [0.05, 0.1) is 12.9 Å². The zero-order chi connectivity index (χ0) is 16.8. The molecule has 1 aliphatic rings. The van der Waals surface area contributed by atoms with Gasteiger partial charge in [0.2, 0.25) is 5.91 Å². The van der Waals surface area contributed by atoms with E-state index in [-0.39, 0.29) is 17.8 Å². The standard InChI is InChI=1S/C15H21N3O5/c1-3-22-15(21)18-8-6-17(7-9-18)14(20)11(2)16-13(19)12-5-4-10-23-12/h4-5,10-11H,3,6-9H2,1-2H3,(H,16,19). The minimum atomic E-state index is -0.665. The number of hydrogen-bond acceptors (Lipinski definition) is 5. The van der Waals surface area contributed by atoms with E-state index in [9.17, 15) is 14.4 Å². The summed E-state index contributed by atoms with van der Waals surface area (Å²) in [4.78, 5) is 39.0. The zero-order valence-corrected chi connectivity index (χ0v) is 13.3. The fourth-order valence-corrected chi connectivity index (χ4v) is 2.34. The molecular formula is C15H21N3O5. The molecule has 1 saturated heterocycles. The molecule has 2 heterocycles. The van der Waals surface area contributed by atoms with Crippen molar-refractivity contribution < 1.29 is 23.5 Å². The van der Waals surface area contributed by atoms with Crippen molar-refractivity contribution in [3.63, 3.8) is 0 Å². The Hall–Kier alpha value is -2.51. The summed E-state index contributed by atoms with van der Waals surface area (Å²) in [5, 5.41) is 2.60. The molecule has 1 aromatic rings. The smallest absolute Gasteiger partial charge is 0.409 e. The number of amides is 3. The van der Waals surface area contributed by atoms with Crippen molar-refractivity contribution in [1.29, 1.82) is 0 Å². The third kappa shape index (κ3) is 4.24. The number of nitrogens with zero attached hydrogens (tertiary/aromatic N) is 2. The monoisotopic (exact) mass is 323 g/mol. The summed E-state index contributed by atoms with van der Waals surface area (Å²) in [5.74, 6) is -0.453. The number of piperazine rings is 1. The van der Waals surface area contributed by atoms with Gasteiger partial charge in [0, 0.05) is 26.2 Å². The predicted octanol–water partition coefficient (Wildman–Crippen LogP) is 0.699. The minimum absolute atomic E-state index is 0.164. The Bertz CT molecular complexity index is 549. The molecule has 2 rings (SSSR count). The lowest BCUT2D eigenvalue weighted by Crippen LogP contribution is -2.55. The predicted molar refractivity (Wildman–Crippen MR) is 80.8 cm³/mol. The quantitative estimate of drug-likeness (QED) is 0.880. The van der Waals surface area contributed by atoms with Crippen LogP contribution in [0, 0.1) is 0 Å². The van der Waals surface area contributed by atoms with Crippen LogP contribution in [-0.2, 0) is 9.53 Å². The van der Waals surface area contributed by atoms with Crippen molar-refractivity contribution in [3.8, 4) is 0 Å². The molecule has 0 aliphatic carbocycles. The minimum Gasteiger partial charge on any atom is -0.459 e. The number of hydrogen-bond donors (Lipinski definition) is 1. The topological polar surface area (TPSA) is 92.1 Å². The molecule has 0 radical (unpaired) electrons. The molecule has 1 aliphatic heterocycles. The van der Waals surface area contributed by atoms with Crippen LogP contribution in [0.1, 0.15) is 24.4 Å². The average Bonchev–Trinajstić information content (AvgIpc) is 3.09. The highest BCUT2D eigenvalue weighted by molar-refractivity contribution is 5.95. The number of carbonyl (C=O) groups is 3. The summed E-state index contributed by atoms with van der Waals surface area (Å²) in [6.45, 7) is 5.37. The highest BCUT2D eigenvalue weighted by atomic mass is 16.6. The van der Waals surface area contributed by atoms with Crippen LogP contribution in [0.5, 0.6) is 0 Å². The van der Waals surface area contributed by atoms with E-state index in [1.165, 1.54) is 12.3 Å². The molecule has 1 fully saturated rings. The molecule has 3 amide bonds. The van der Waals surface area contributed by atoms with Gasteiger partial charge in [-0.3, -0.25) is 9.59 Å². The molecular weight excluding hydrogens is 302 g/mol. The Balaban J connectivity index is 1.82. The number of carbonyl (C=O) groups excluding carboxylic acids is 3. The van der Waals surface area contributed by atoms with Crippen LogP contribution in [0.3, 0.4) is 0 Å². The Kier molecular flexibility index (Phi) is 5.61. The van der Waals surface area contributed by atoms with Crippen molar-refractivity contribution >= 4 is 17.9 Å². The average molecular weight is 323 g/mol. The summed E-state index contributed by atoms with van der Waals surface area (Å²) in [5.41, 5.74) is 0. The van der Waals surface area contributed by atoms with Gasteiger partial charge in [-0.2, -0.15) is 0 Å². The fraction of sp³-hybridized carbons (Fsp3) is 0.533. The molecule has 23 heavy (non-hydrogen) atoms. The van der Waals surface area contributed by atoms with Crippen molar-refractivity contribution in [2.24, 2.45) is 0 Å². The van der Waals surface area contributed by atoms with Gasteiger partial charge >= 0.3 is 6.09 Å². The van der Waals surface area contributed by atoms with Crippen molar-refractivity contribution in [1.82, 2.24) is 15.1 Å². The van der Waals surface area contributed by atoms with E-state index in [1.807, 2.05) is 0 Å². The second kappa shape index (κ2) is 7.66. The van der Waals surface area contributed by atoms with Crippen LogP contribution in [0.2, 0.25) is 0 Å². The number of ether oxygens (including phenoxy) is 1. The molecule has 0 saturated carbocycles. The second-order valence-corrected chi connectivity index (χ2v) is 5.18. The first-order valence-corrected chi connectivity index (χ1v) is 7.57. The van der Waals surface area contributed by atoms with Crippen LogP contribution < -0.4 is 5.32 Å². The van der Waals surface area contributed by atoms with Gasteiger partial charge < -0.3 is 24.3 Å². The Morgan fingerprint density at radius 3 is 2.48 bits per heavy atom. The van der Waals surface area contributed by atoms with E-state index in [0.29, 0.717) is 32.8 Å². The normalized spacial score (nSPS) is 15.9. The molecule has 8 heteroatoms. The summed E-state index contributed by atoms with van der Waals surface area (Å²) in [7, 11) is 0. The van der Waals surface area contributed by atoms with Gasteiger partial charge in [-0.1, -0.05) is 0 Å². The van der Waals surface area contributed by atoms with Crippen LogP contribution in [0.15, 0.2) is 22.8 Å². The Morgan fingerprint density at radius 1 is 1.26 bits per heavy atom. The molecule has 1 aromatic heterocycles. The Labute approximate surface area is 134 Å². The van der Waals surface area contributed by atoms with Gasteiger partial charge in [-0.15, -0.1) is 0 Å². The van der Waals surface area contributed by atoms with Crippen LogP contribution >= 0.6 is 0 Å². The van der Waals surface area contributed by atoms with Crippen molar-refractivity contribution in [2.45, 2.75) is 19.9 Å². The molecule has 1 N–H and O–H groups in total. The van der Waals surface area contributed by atoms with Crippen molar-refractivity contribution in [3.05, 3.63) is 24.2 Å². The highest BCUT2D eigenvalue weighted by Gasteiger charge is 2.28.